The lowest BCUT2D eigenvalue weighted by atomic mass is 9.82. The largest absolute Gasteiger partial charge is 0.0622 e. The Hall–Kier alpha value is -9.62. The molecule has 0 aliphatic heterocycles. The van der Waals surface area contributed by atoms with Crippen LogP contribution in [0.3, 0.4) is 0 Å². The molecule has 0 atom stereocenters. The van der Waals surface area contributed by atoms with Crippen LogP contribution in [0.5, 0.6) is 0 Å². The summed E-state index contributed by atoms with van der Waals surface area (Å²) in [5.74, 6) is 0. The molecule has 0 unspecified atom stereocenters. The summed E-state index contributed by atoms with van der Waals surface area (Å²) in [4.78, 5) is 0. The van der Waals surface area contributed by atoms with Gasteiger partial charge in [0.25, 0.3) is 0 Å². The Morgan fingerprint density at radius 2 is 0.338 bits per heavy atom. The van der Waals surface area contributed by atoms with E-state index in [0.717, 1.165) is 0 Å². The Balaban J connectivity index is 0.919. The molecule has 0 heterocycles. The lowest BCUT2D eigenvalue weighted by Gasteiger charge is -2.20. The van der Waals surface area contributed by atoms with Crippen LogP contribution in [0.25, 0.3) is 165 Å². The lowest BCUT2D eigenvalue weighted by molar-refractivity contribution is 1.62. The third kappa shape index (κ3) is 5.74. The topological polar surface area (TPSA) is 0 Å². The summed E-state index contributed by atoms with van der Waals surface area (Å²) in [7, 11) is 0. The highest BCUT2D eigenvalue weighted by Crippen LogP contribution is 2.61. The van der Waals surface area contributed by atoms with E-state index < -0.39 is 0 Å². The Morgan fingerprint density at radius 1 is 0.122 bits per heavy atom. The molecule has 0 saturated heterocycles. The Morgan fingerprint density at radius 3 is 0.649 bits per heavy atom. The van der Waals surface area contributed by atoms with Crippen LogP contribution in [0.2, 0.25) is 0 Å². The highest BCUT2D eigenvalue weighted by Gasteiger charge is 2.33. The van der Waals surface area contributed by atoms with Crippen LogP contribution < -0.4 is 0 Å². The summed E-state index contributed by atoms with van der Waals surface area (Å²) in [6, 6.07) is 99.6. The smallest absolute Gasteiger partial charge is 0.000741 e. The average Bonchev–Trinajstić information content (AvgIpc) is 3.99. The standard InChI is InChI=1S/C74H44/c1-5-21-45(22-6-1)65-57-29-13-15-31-59(57)67(47-25-9-3-10-26-47)73-63-43-41-53(55-37-19-39-61(69(55)63)71(65)73)51-35-17-34-50-49(51)33-18-36-52(50)54-42-44-64-70-56(54)38-20-40-62(70)72-66(46-23-7-2-8-24-46)58-30-14-16-32-60(58)68(74(64)72)48-27-11-4-12-28-48/h1-44H. The normalized spacial score (nSPS) is 12.1. The van der Waals surface area contributed by atoms with Gasteiger partial charge in [-0.25, -0.2) is 0 Å². The molecular formula is C74H44. The number of rotatable bonds is 6. The summed E-state index contributed by atoms with van der Waals surface area (Å²) in [6.45, 7) is 0. The predicted molar refractivity (Wildman–Crippen MR) is 315 cm³/mol. The Labute approximate surface area is 429 Å². The van der Waals surface area contributed by atoms with Gasteiger partial charge in [0.15, 0.2) is 0 Å². The lowest BCUT2D eigenvalue weighted by Crippen LogP contribution is -1.93. The molecule has 74 heavy (non-hydrogen) atoms. The third-order valence-electron chi connectivity index (χ3n) is 16.3. The maximum Gasteiger partial charge on any atom is -0.000741 e. The highest BCUT2D eigenvalue weighted by molar-refractivity contribution is 6.31. The van der Waals surface area contributed by atoms with Gasteiger partial charge in [0.05, 0.1) is 0 Å². The highest BCUT2D eigenvalue weighted by atomic mass is 14.4. The second-order valence-electron chi connectivity index (χ2n) is 20.0. The fraction of sp³-hybridized carbons (Fsp3) is 0. The first kappa shape index (κ1) is 41.0. The summed E-state index contributed by atoms with van der Waals surface area (Å²) in [5, 5.41) is 12.8. The van der Waals surface area contributed by atoms with E-state index in [-0.39, 0.29) is 0 Å². The van der Waals surface area contributed by atoms with Crippen LogP contribution in [-0.2, 0) is 0 Å². The molecule has 0 spiro atoms. The van der Waals surface area contributed by atoms with E-state index in [0.29, 0.717) is 0 Å². The quantitative estimate of drug-likeness (QED) is 0.156. The second-order valence-corrected chi connectivity index (χ2v) is 20.0. The van der Waals surface area contributed by atoms with Gasteiger partial charge in [0, 0.05) is 0 Å². The van der Waals surface area contributed by atoms with Gasteiger partial charge in [-0.2, -0.15) is 0 Å². The number of hydrogen-bond donors (Lipinski definition) is 0. The first-order valence-electron chi connectivity index (χ1n) is 25.8. The molecule has 16 rings (SSSR count). The van der Waals surface area contributed by atoms with Crippen molar-refractivity contribution in [2.75, 3.05) is 0 Å². The van der Waals surface area contributed by atoms with E-state index >= 15 is 0 Å². The van der Waals surface area contributed by atoms with Crippen molar-refractivity contribution in [3.05, 3.63) is 267 Å². The number of hydrogen-bond acceptors (Lipinski definition) is 0. The molecule has 0 amide bonds. The Bertz CT molecular complexity index is 4180. The monoisotopic (exact) mass is 932 g/mol. The minimum absolute atomic E-state index is 1.24. The van der Waals surface area contributed by atoms with Crippen molar-refractivity contribution in [1.29, 1.82) is 0 Å². The number of fused-ring (bicyclic) bond motifs is 9. The minimum Gasteiger partial charge on any atom is -0.0622 e. The van der Waals surface area contributed by atoms with E-state index in [1.165, 1.54) is 165 Å². The van der Waals surface area contributed by atoms with E-state index in [1.807, 2.05) is 0 Å². The van der Waals surface area contributed by atoms with E-state index in [2.05, 4.69) is 267 Å². The molecule has 0 heteroatoms. The molecule has 0 saturated carbocycles. The van der Waals surface area contributed by atoms with Crippen LogP contribution in [0.1, 0.15) is 0 Å². The third-order valence-corrected chi connectivity index (χ3v) is 16.3. The second kappa shape index (κ2) is 15.9. The Kier molecular flexibility index (Phi) is 8.84. The molecule has 14 aromatic carbocycles. The zero-order valence-electron chi connectivity index (χ0n) is 40.4. The van der Waals surface area contributed by atoms with Gasteiger partial charge in [0.2, 0.25) is 0 Å². The van der Waals surface area contributed by atoms with Crippen LogP contribution in [0.15, 0.2) is 267 Å². The summed E-state index contributed by atoms with van der Waals surface area (Å²) < 4.78 is 0. The van der Waals surface area contributed by atoms with E-state index in [9.17, 15) is 0 Å². The van der Waals surface area contributed by atoms with Crippen LogP contribution in [-0.4, -0.2) is 0 Å². The van der Waals surface area contributed by atoms with Crippen molar-refractivity contribution in [3.8, 4) is 111 Å². The molecule has 340 valence electrons. The summed E-state index contributed by atoms with van der Waals surface area (Å²) in [6.07, 6.45) is 0. The van der Waals surface area contributed by atoms with Crippen LogP contribution in [0, 0.1) is 0 Å². The first-order chi connectivity index (χ1) is 36.8. The fourth-order valence-corrected chi connectivity index (χ4v) is 13.5. The van der Waals surface area contributed by atoms with E-state index in [4.69, 9.17) is 0 Å². The molecule has 2 aliphatic carbocycles. The van der Waals surface area contributed by atoms with Crippen molar-refractivity contribution in [2.45, 2.75) is 0 Å². The summed E-state index contributed by atoms with van der Waals surface area (Å²) >= 11 is 0. The van der Waals surface area contributed by atoms with Gasteiger partial charge in [-0.15, -0.1) is 0 Å². The molecule has 0 fully saturated rings. The molecule has 0 bridgehead atoms. The fourth-order valence-electron chi connectivity index (χ4n) is 13.5. The molecule has 14 aromatic rings. The van der Waals surface area contributed by atoms with Crippen molar-refractivity contribution in [3.63, 3.8) is 0 Å². The van der Waals surface area contributed by atoms with Gasteiger partial charge in [0.1, 0.15) is 0 Å². The van der Waals surface area contributed by atoms with E-state index in [1.54, 1.807) is 0 Å². The van der Waals surface area contributed by atoms with Crippen LogP contribution >= 0.6 is 0 Å². The average molecular weight is 933 g/mol. The van der Waals surface area contributed by atoms with Crippen LogP contribution in [0.4, 0.5) is 0 Å². The van der Waals surface area contributed by atoms with Gasteiger partial charge in [-0.3, -0.25) is 0 Å². The van der Waals surface area contributed by atoms with Crippen molar-refractivity contribution >= 4 is 53.9 Å². The maximum absolute atomic E-state index is 2.42. The van der Waals surface area contributed by atoms with Gasteiger partial charge in [-0.05, 0) is 165 Å². The zero-order chi connectivity index (χ0) is 48.4. The molecule has 2 aliphatic rings. The van der Waals surface area contributed by atoms with Gasteiger partial charge in [-0.1, -0.05) is 267 Å². The zero-order valence-corrected chi connectivity index (χ0v) is 40.4. The predicted octanol–water partition coefficient (Wildman–Crippen LogP) is 20.7. The summed E-state index contributed by atoms with van der Waals surface area (Å²) in [5.41, 5.74) is 25.6. The molecule has 0 radical (unpaired) electrons. The van der Waals surface area contributed by atoms with Gasteiger partial charge < -0.3 is 0 Å². The first-order valence-corrected chi connectivity index (χ1v) is 25.8. The molecule has 0 N–H and O–H groups in total. The SMILES string of the molecule is c1ccc(-c2c3c(c(-c4ccccc4)c4ccccc24)-c2ccc(-c4cccc5c(-c6ccc7c8c(cccc68)-c6c-7c(-c7ccccc7)c7ccccc7c6-c6ccccc6)cccc45)c4cccc-3c24)cc1. The molecule has 0 nitrogen and oxygen atoms in total. The van der Waals surface area contributed by atoms with Crippen molar-refractivity contribution in [1.82, 2.24) is 0 Å². The minimum atomic E-state index is 1.24. The molecule has 0 aromatic heterocycles. The van der Waals surface area contributed by atoms with Crippen molar-refractivity contribution < 1.29 is 0 Å². The molecular weight excluding hydrogens is 889 g/mol. The van der Waals surface area contributed by atoms with Crippen molar-refractivity contribution in [2.24, 2.45) is 0 Å². The van der Waals surface area contributed by atoms with Gasteiger partial charge >= 0.3 is 0 Å². The number of benzene rings is 14. The maximum atomic E-state index is 2.42.